The Morgan fingerprint density at radius 1 is 1.14 bits per heavy atom. The maximum atomic E-state index is 13.7. The molecule has 0 unspecified atom stereocenters. The number of hydrogen-bond acceptors (Lipinski definition) is 6. The zero-order valence-corrected chi connectivity index (χ0v) is 22.3. The molecule has 11 heteroatoms. The van der Waals surface area contributed by atoms with E-state index in [4.69, 9.17) is 4.74 Å². The molecule has 1 aromatic heterocycles. The van der Waals surface area contributed by atoms with Crippen molar-refractivity contribution >= 4 is 27.0 Å². The van der Waals surface area contributed by atoms with E-state index >= 15 is 0 Å². The molecule has 196 valence electrons. The number of carbonyl (C=O) groups excluding carboxylic acids is 1. The largest absolute Gasteiger partial charge is 0.444 e. The van der Waals surface area contributed by atoms with Crippen LogP contribution in [-0.2, 0) is 26.8 Å². The first-order valence-corrected chi connectivity index (χ1v) is 13.9. The number of aromatic nitrogens is 2. The Balaban J connectivity index is 1.57. The number of sulfonamides is 1. The van der Waals surface area contributed by atoms with E-state index in [1.54, 1.807) is 38.3 Å². The summed E-state index contributed by atoms with van der Waals surface area (Å²) < 4.78 is 37.0. The second-order valence-electron chi connectivity index (χ2n) is 12.2. The number of nitrogens with one attached hydrogen (secondary N) is 1. The van der Waals surface area contributed by atoms with Crippen molar-refractivity contribution in [2.45, 2.75) is 88.4 Å². The van der Waals surface area contributed by atoms with Crippen LogP contribution >= 0.6 is 0 Å². The zero-order chi connectivity index (χ0) is 26.3. The Kier molecular flexibility index (Phi) is 5.50. The third kappa shape index (κ3) is 4.58. The minimum absolute atomic E-state index is 0.00228. The fourth-order valence-electron chi connectivity index (χ4n) is 4.78. The molecule has 36 heavy (non-hydrogen) atoms. The van der Waals surface area contributed by atoms with Crippen LogP contribution in [0.15, 0.2) is 32.7 Å². The smallest absolute Gasteiger partial charge is 0.410 e. The quantitative estimate of drug-likeness (QED) is 0.627. The summed E-state index contributed by atoms with van der Waals surface area (Å²) in [4.78, 5) is 41.3. The van der Waals surface area contributed by atoms with E-state index in [2.05, 4.69) is 4.72 Å². The zero-order valence-electron chi connectivity index (χ0n) is 21.5. The summed E-state index contributed by atoms with van der Waals surface area (Å²) in [5.74, 6) is 0.351. The van der Waals surface area contributed by atoms with Crippen molar-refractivity contribution in [3.63, 3.8) is 0 Å². The fraction of sp³-hybridized carbons (Fsp3) is 0.640. The maximum absolute atomic E-state index is 13.7. The highest BCUT2D eigenvalue weighted by molar-refractivity contribution is 7.89. The second-order valence-corrected chi connectivity index (χ2v) is 13.8. The van der Waals surface area contributed by atoms with Crippen molar-refractivity contribution in [3.8, 4) is 0 Å². The minimum Gasteiger partial charge on any atom is -0.444 e. The number of fused-ring (bicyclic) bond motifs is 1. The molecule has 0 atom stereocenters. The third-order valence-corrected chi connectivity index (χ3v) is 8.83. The van der Waals surface area contributed by atoms with Gasteiger partial charge >= 0.3 is 11.8 Å². The topological polar surface area (TPSA) is 120 Å². The van der Waals surface area contributed by atoms with Crippen LogP contribution in [0.4, 0.5) is 4.79 Å². The average Bonchev–Trinajstić information content (AvgIpc) is 3.66. The normalized spacial score (nSPS) is 20.8. The number of ether oxygens (including phenoxy) is 1. The van der Waals surface area contributed by atoms with Gasteiger partial charge in [0.25, 0.3) is 5.56 Å². The molecule has 1 saturated heterocycles. The van der Waals surface area contributed by atoms with Gasteiger partial charge in [0.1, 0.15) is 5.60 Å². The van der Waals surface area contributed by atoms with Crippen LogP contribution in [0, 0.1) is 5.92 Å². The van der Waals surface area contributed by atoms with E-state index in [0.717, 1.165) is 25.7 Å². The van der Waals surface area contributed by atoms with E-state index in [1.165, 1.54) is 21.6 Å². The molecule has 0 spiro atoms. The van der Waals surface area contributed by atoms with E-state index in [1.807, 2.05) is 6.92 Å². The van der Waals surface area contributed by atoms with Crippen molar-refractivity contribution in [1.29, 1.82) is 0 Å². The maximum Gasteiger partial charge on any atom is 0.410 e. The van der Waals surface area contributed by atoms with Gasteiger partial charge in [0.05, 0.1) is 21.3 Å². The molecule has 2 aliphatic carbocycles. The van der Waals surface area contributed by atoms with Crippen LogP contribution in [-0.4, -0.2) is 52.8 Å². The molecule has 1 aromatic carbocycles. The van der Waals surface area contributed by atoms with Gasteiger partial charge in [-0.1, -0.05) is 0 Å². The summed E-state index contributed by atoms with van der Waals surface area (Å²) in [6, 6.07) is 4.39. The molecule has 2 heterocycles. The Labute approximate surface area is 210 Å². The van der Waals surface area contributed by atoms with Gasteiger partial charge in [-0.15, -0.1) is 0 Å². The second kappa shape index (κ2) is 7.92. The van der Waals surface area contributed by atoms with Crippen LogP contribution in [0.5, 0.6) is 0 Å². The van der Waals surface area contributed by atoms with Gasteiger partial charge in [-0.05, 0) is 84.4 Å². The van der Waals surface area contributed by atoms with E-state index in [-0.39, 0.29) is 23.4 Å². The summed E-state index contributed by atoms with van der Waals surface area (Å²) in [5.41, 5.74) is -2.61. The highest BCUT2D eigenvalue weighted by atomic mass is 32.2. The lowest BCUT2D eigenvalue weighted by Crippen LogP contribution is -2.68. The highest BCUT2D eigenvalue weighted by Crippen LogP contribution is 2.36. The molecular weight excluding hydrogens is 484 g/mol. The van der Waals surface area contributed by atoms with Crippen LogP contribution in [0.2, 0.25) is 0 Å². The molecule has 5 rings (SSSR count). The number of likely N-dealkylation sites (tertiary alicyclic amines) is 1. The molecule has 3 aliphatic rings. The molecule has 2 aromatic rings. The van der Waals surface area contributed by atoms with E-state index in [0.29, 0.717) is 18.0 Å². The summed E-state index contributed by atoms with van der Waals surface area (Å²) in [7, 11) is -3.83. The predicted molar refractivity (Wildman–Crippen MR) is 135 cm³/mol. The van der Waals surface area contributed by atoms with Gasteiger partial charge in [0.2, 0.25) is 10.0 Å². The van der Waals surface area contributed by atoms with Gasteiger partial charge < -0.3 is 9.64 Å². The molecular formula is C25H34N4O6S. The van der Waals surface area contributed by atoms with Crippen molar-refractivity contribution in [3.05, 3.63) is 39.0 Å². The number of rotatable bonds is 6. The molecule has 1 amide bonds. The van der Waals surface area contributed by atoms with Gasteiger partial charge in [-0.3, -0.25) is 13.9 Å². The lowest BCUT2D eigenvalue weighted by molar-refractivity contribution is -0.0254. The van der Waals surface area contributed by atoms with Crippen LogP contribution in [0.3, 0.4) is 0 Å². The standard InChI is InChI=1S/C25H34N4O6S/c1-23(2,3)35-22(32)27-14-25(5,15-27)29-20(30)18-12-17(36(33,34)26-24(4)10-11-24)8-9-19(18)28(21(29)31)13-16-6-7-16/h8-9,12,16,26H,6-7,10-11,13-15H2,1-5H3. The summed E-state index contributed by atoms with van der Waals surface area (Å²) in [5, 5.41) is 0.177. The molecule has 0 bridgehead atoms. The molecule has 10 nitrogen and oxygen atoms in total. The number of hydrogen-bond donors (Lipinski definition) is 1. The average molecular weight is 519 g/mol. The number of amides is 1. The number of nitrogens with zero attached hydrogens (tertiary/aromatic N) is 3. The number of carbonyl (C=O) groups is 1. The fourth-order valence-corrected chi connectivity index (χ4v) is 6.27. The van der Waals surface area contributed by atoms with Crippen LogP contribution < -0.4 is 16.0 Å². The first kappa shape index (κ1) is 25.0. The predicted octanol–water partition coefficient (Wildman–Crippen LogP) is 2.37. The number of benzene rings is 1. The van der Waals surface area contributed by atoms with Crippen LogP contribution in [0.25, 0.3) is 10.9 Å². The summed E-state index contributed by atoms with van der Waals surface area (Å²) >= 11 is 0. The lowest BCUT2D eigenvalue weighted by atomic mass is 9.92. The molecule has 2 saturated carbocycles. The van der Waals surface area contributed by atoms with Crippen molar-refractivity contribution in [2.75, 3.05) is 13.1 Å². The Bertz CT molecular complexity index is 1470. The molecule has 1 aliphatic heterocycles. The van der Waals surface area contributed by atoms with Crippen molar-refractivity contribution < 1.29 is 17.9 Å². The summed E-state index contributed by atoms with van der Waals surface area (Å²) in [6.07, 6.45) is 3.04. The Hall–Kier alpha value is -2.66. The van der Waals surface area contributed by atoms with Gasteiger partial charge in [-0.25, -0.2) is 22.7 Å². The van der Waals surface area contributed by atoms with Crippen LogP contribution in [0.1, 0.15) is 60.3 Å². The van der Waals surface area contributed by atoms with Gasteiger partial charge in [0.15, 0.2) is 0 Å². The SMILES string of the molecule is CC1(NS(=O)(=O)c2ccc3c(c2)c(=O)n(C2(C)CN(C(=O)OC(C)(C)C)C2)c(=O)n3CC2CC2)CC1. The van der Waals surface area contributed by atoms with Crippen molar-refractivity contribution in [2.24, 2.45) is 5.92 Å². The molecule has 0 radical (unpaired) electrons. The third-order valence-electron chi connectivity index (χ3n) is 7.20. The lowest BCUT2D eigenvalue weighted by Gasteiger charge is -2.48. The first-order valence-electron chi connectivity index (χ1n) is 12.4. The Morgan fingerprint density at radius 2 is 1.78 bits per heavy atom. The van der Waals surface area contributed by atoms with Crippen molar-refractivity contribution in [1.82, 2.24) is 18.8 Å². The Morgan fingerprint density at radius 3 is 2.33 bits per heavy atom. The van der Waals surface area contributed by atoms with Gasteiger partial charge in [0, 0.05) is 25.2 Å². The van der Waals surface area contributed by atoms with E-state index < -0.39 is 44.0 Å². The monoisotopic (exact) mass is 518 g/mol. The van der Waals surface area contributed by atoms with Gasteiger partial charge in [-0.2, -0.15) is 0 Å². The highest BCUT2D eigenvalue weighted by Gasteiger charge is 2.47. The first-order chi connectivity index (χ1) is 16.6. The summed E-state index contributed by atoms with van der Waals surface area (Å²) in [6.45, 7) is 9.69. The minimum atomic E-state index is -3.83. The molecule has 3 fully saturated rings. The van der Waals surface area contributed by atoms with E-state index in [9.17, 15) is 22.8 Å². The molecule has 1 N–H and O–H groups in total.